The van der Waals surface area contributed by atoms with Gasteiger partial charge in [0.15, 0.2) is 5.82 Å². The number of aromatic nitrogens is 4. The Balaban J connectivity index is 2.51. The summed E-state index contributed by atoms with van der Waals surface area (Å²) < 4.78 is 40.0. The molecule has 2 heterocycles. The fourth-order valence-corrected chi connectivity index (χ4v) is 1.66. The lowest BCUT2D eigenvalue weighted by molar-refractivity contribution is -0.144. The Morgan fingerprint density at radius 3 is 2.63 bits per heavy atom. The quantitative estimate of drug-likeness (QED) is 0.937. The van der Waals surface area contributed by atoms with Crippen molar-refractivity contribution in [1.82, 2.24) is 19.7 Å². The Morgan fingerprint density at radius 2 is 2.11 bits per heavy atom. The van der Waals surface area contributed by atoms with Crippen LogP contribution in [0.25, 0.3) is 5.82 Å². The van der Waals surface area contributed by atoms with E-state index in [0.717, 1.165) is 0 Å². The van der Waals surface area contributed by atoms with Crippen LogP contribution in [0.15, 0.2) is 22.9 Å². The van der Waals surface area contributed by atoms with Gasteiger partial charge in [-0.3, -0.25) is 0 Å². The van der Waals surface area contributed by atoms with Crippen molar-refractivity contribution < 1.29 is 13.2 Å². The first-order valence-corrected chi connectivity index (χ1v) is 6.10. The smallest absolute Gasteiger partial charge is 0.370 e. The Bertz CT molecular complexity index is 581. The summed E-state index contributed by atoms with van der Waals surface area (Å²) in [5.74, 6) is -1.05. The van der Waals surface area contributed by atoms with E-state index in [4.69, 9.17) is 0 Å². The molecule has 0 saturated carbocycles. The van der Waals surface area contributed by atoms with Crippen LogP contribution >= 0.6 is 15.9 Å². The van der Waals surface area contributed by atoms with E-state index in [0.29, 0.717) is 11.0 Å². The van der Waals surface area contributed by atoms with Gasteiger partial charge in [0.2, 0.25) is 5.82 Å². The van der Waals surface area contributed by atoms with Crippen LogP contribution in [0.1, 0.15) is 12.7 Å². The molecule has 0 aliphatic heterocycles. The number of halogens is 4. The average Bonchev–Trinajstić information content (AvgIpc) is 2.75. The fourth-order valence-electron chi connectivity index (χ4n) is 1.38. The van der Waals surface area contributed by atoms with E-state index in [2.05, 4.69) is 36.3 Å². The highest BCUT2D eigenvalue weighted by Gasteiger charge is 2.35. The first-order chi connectivity index (χ1) is 8.90. The van der Waals surface area contributed by atoms with Crippen LogP contribution in [0.3, 0.4) is 0 Å². The molecule has 0 radical (unpaired) electrons. The molecule has 2 rings (SSSR count). The molecule has 1 N–H and O–H groups in total. The van der Waals surface area contributed by atoms with E-state index < -0.39 is 12.0 Å². The van der Waals surface area contributed by atoms with Crippen molar-refractivity contribution in [3.63, 3.8) is 0 Å². The van der Waals surface area contributed by atoms with Crippen molar-refractivity contribution in [2.24, 2.45) is 0 Å². The van der Waals surface area contributed by atoms with Gasteiger partial charge in [-0.1, -0.05) is 0 Å². The summed E-state index contributed by atoms with van der Waals surface area (Å²) in [4.78, 5) is 6.90. The summed E-state index contributed by atoms with van der Waals surface area (Å²) in [5.41, 5.74) is 0. The van der Waals surface area contributed by atoms with Crippen molar-refractivity contribution >= 4 is 21.7 Å². The van der Waals surface area contributed by atoms with Crippen LogP contribution in [0.4, 0.5) is 19.0 Å². The molecular weight excluding hydrogens is 327 g/mol. The molecule has 0 spiro atoms. The van der Waals surface area contributed by atoms with E-state index in [1.807, 2.05) is 0 Å². The molecule has 0 bridgehead atoms. The van der Waals surface area contributed by atoms with Gasteiger partial charge in [-0.25, -0.2) is 14.6 Å². The number of anilines is 1. The lowest BCUT2D eigenvalue weighted by Gasteiger charge is -2.10. The monoisotopic (exact) mass is 335 g/mol. The van der Waals surface area contributed by atoms with Crippen LogP contribution in [-0.4, -0.2) is 26.3 Å². The average molecular weight is 336 g/mol. The van der Waals surface area contributed by atoms with Gasteiger partial charge in [0.1, 0.15) is 5.82 Å². The Morgan fingerprint density at radius 1 is 1.37 bits per heavy atom. The van der Waals surface area contributed by atoms with E-state index in [1.54, 1.807) is 6.92 Å². The predicted molar refractivity (Wildman–Crippen MR) is 66.0 cm³/mol. The van der Waals surface area contributed by atoms with E-state index in [-0.39, 0.29) is 11.6 Å². The minimum absolute atomic E-state index is 0.0453. The molecule has 0 unspecified atom stereocenters. The van der Waals surface area contributed by atoms with Gasteiger partial charge < -0.3 is 5.32 Å². The summed E-state index contributed by atoms with van der Waals surface area (Å²) in [7, 11) is 0. The highest BCUT2D eigenvalue weighted by atomic mass is 79.9. The van der Waals surface area contributed by atoms with Crippen molar-refractivity contribution in [2.45, 2.75) is 13.1 Å². The lowest BCUT2D eigenvalue weighted by atomic mass is 10.4. The van der Waals surface area contributed by atoms with Crippen molar-refractivity contribution in [1.29, 1.82) is 0 Å². The van der Waals surface area contributed by atoms with Gasteiger partial charge in [0.25, 0.3) is 0 Å². The lowest BCUT2D eigenvalue weighted by Crippen LogP contribution is -2.15. The molecular formula is C10H9BrF3N5. The number of alkyl halides is 3. The molecule has 0 saturated heterocycles. The summed E-state index contributed by atoms with van der Waals surface area (Å²) in [6, 6.07) is 1.40. The zero-order chi connectivity index (χ0) is 14.0. The molecule has 9 heteroatoms. The maximum Gasteiger partial charge on any atom is 0.451 e. The van der Waals surface area contributed by atoms with Crippen molar-refractivity contribution in [3.05, 3.63) is 28.8 Å². The standard InChI is InChI=1S/C10H9BrF3N5/c1-2-15-7-3-8(19-5-6(11)4-16-19)18-9(17-7)10(12,13)14/h3-5H,2H2,1H3,(H,15,17,18). The van der Waals surface area contributed by atoms with Crippen LogP contribution < -0.4 is 5.32 Å². The minimum atomic E-state index is -4.61. The molecule has 0 aliphatic rings. The number of nitrogens with one attached hydrogen (secondary N) is 1. The summed E-state index contributed by atoms with van der Waals surface area (Å²) in [6.45, 7) is 2.22. The van der Waals surface area contributed by atoms with E-state index in [9.17, 15) is 13.2 Å². The van der Waals surface area contributed by atoms with Gasteiger partial charge in [-0.05, 0) is 22.9 Å². The maximum absolute atomic E-state index is 12.7. The summed E-state index contributed by atoms with van der Waals surface area (Å²) in [5, 5.41) is 6.63. The molecule has 2 aromatic heterocycles. The topological polar surface area (TPSA) is 55.6 Å². The first kappa shape index (κ1) is 13.8. The molecule has 0 atom stereocenters. The second-order valence-electron chi connectivity index (χ2n) is 3.57. The Kier molecular flexibility index (Phi) is 3.74. The van der Waals surface area contributed by atoms with E-state index in [1.165, 1.54) is 23.1 Å². The summed E-state index contributed by atoms with van der Waals surface area (Å²) in [6.07, 6.45) is -1.63. The van der Waals surface area contributed by atoms with Crippen LogP contribution in [-0.2, 0) is 6.18 Å². The third kappa shape index (κ3) is 3.22. The van der Waals surface area contributed by atoms with Gasteiger partial charge in [-0.2, -0.15) is 18.3 Å². The van der Waals surface area contributed by atoms with Gasteiger partial charge >= 0.3 is 6.18 Å². The maximum atomic E-state index is 12.7. The molecule has 0 amide bonds. The first-order valence-electron chi connectivity index (χ1n) is 5.31. The van der Waals surface area contributed by atoms with Crippen molar-refractivity contribution in [3.8, 4) is 5.82 Å². The number of rotatable bonds is 3. The highest BCUT2D eigenvalue weighted by Crippen LogP contribution is 2.28. The normalized spacial score (nSPS) is 11.6. The zero-order valence-electron chi connectivity index (χ0n) is 9.74. The fraction of sp³-hybridized carbons (Fsp3) is 0.300. The third-order valence-corrected chi connectivity index (χ3v) is 2.52. The second-order valence-corrected chi connectivity index (χ2v) is 4.48. The predicted octanol–water partition coefficient (Wildman–Crippen LogP) is 2.88. The van der Waals surface area contributed by atoms with Gasteiger partial charge in [0.05, 0.1) is 10.7 Å². The number of hydrogen-bond donors (Lipinski definition) is 1. The second kappa shape index (κ2) is 5.16. The molecule has 102 valence electrons. The largest absolute Gasteiger partial charge is 0.451 e. The van der Waals surface area contributed by atoms with Crippen LogP contribution in [0.5, 0.6) is 0 Å². The molecule has 0 aliphatic carbocycles. The van der Waals surface area contributed by atoms with Crippen LogP contribution in [0, 0.1) is 0 Å². The van der Waals surface area contributed by atoms with Gasteiger partial charge in [0, 0.05) is 18.8 Å². The van der Waals surface area contributed by atoms with Crippen LogP contribution in [0.2, 0.25) is 0 Å². The molecule has 0 fully saturated rings. The van der Waals surface area contributed by atoms with Gasteiger partial charge in [-0.15, -0.1) is 0 Å². The van der Waals surface area contributed by atoms with Crippen molar-refractivity contribution in [2.75, 3.05) is 11.9 Å². The molecule has 2 aromatic rings. The minimum Gasteiger partial charge on any atom is -0.370 e. The molecule has 19 heavy (non-hydrogen) atoms. The SMILES string of the molecule is CCNc1cc(-n2cc(Br)cn2)nc(C(F)(F)F)n1. The third-order valence-electron chi connectivity index (χ3n) is 2.11. The molecule has 0 aromatic carbocycles. The molecule has 5 nitrogen and oxygen atoms in total. The van der Waals surface area contributed by atoms with E-state index >= 15 is 0 Å². The Labute approximate surface area is 115 Å². The number of nitrogens with zero attached hydrogens (tertiary/aromatic N) is 4. The Hall–Kier alpha value is -1.64. The number of hydrogen-bond acceptors (Lipinski definition) is 4. The highest BCUT2D eigenvalue weighted by molar-refractivity contribution is 9.10. The summed E-state index contributed by atoms with van der Waals surface area (Å²) >= 11 is 3.17. The zero-order valence-corrected chi connectivity index (χ0v) is 11.3.